The predicted molar refractivity (Wildman–Crippen MR) is 165 cm³/mol. The van der Waals surface area contributed by atoms with Crippen molar-refractivity contribution in [2.45, 2.75) is 37.2 Å². The second-order valence-electron chi connectivity index (χ2n) is 10.1. The van der Waals surface area contributed by atoms with Gasteiger partial charge in [0.15, 0.2) is 0 Å². The molecule has 9 heteroatoms. The van der Waals surface area contributed by atoms with E-state index in [9.17, 15) is 18.0 Å². The predicted octanol–water partition coefficient (Wildman–Crippen LogP) is 4.64. The highest BCUT2D eigenvalue weighted by Gasteiger charge is 2.33. The summed E-state index contributed by atoms with van der Waals surface area (Å²) in [5, 5.41) is 4.64. The number of carbonyl (C=O) groups excluding carboxylic acids is 2. The maximum Gasteiger partial charge on any atom is 0.243 e. The van der Waals surface area contributed by atoms with Gasteiger partial charge in [-0.05, 0) is 52.6 Å². The van der Waals surface area contributed by atoms with Crippen molar-refractivity contribution in [3.05, 3.63) is 108 Å². The van der Waals surface area contributed by atoms with Crippen LogP contribution in [-0.2, 0) is 32.6 Å². The molecule has 1 unspecified atom stereocenters. The number of nitrogens with one attached hydrogen (secondary N) is 1. The zero-order chi connectivity index (χ0) is 30.1. The van der Waals surface area contributed by atoms with Gasteiger partial charge in [0.2, 0.25) is 21.8 Å². The molecule has 0 bridgehead atoms. The lowest BCUT2D eigenvalue weighted by atomic mass is 10.0. The third-order valence-electron chi connectivity index (χ3n) is 7.09. The lowest BCUT2D eigenvalue weighted by Gasteiger charge is -2.32. The van der Waals surface area contributed by atoms with Crippen molar-refractivity contribution in [1.82, 2.24) is 14.5 Å². The molecule has 2 amide bonds. The van der Waals surface area contributed by atoms with Gasteiger partial charge in [0.05, 0.1) is 18.6 Å². The van der Waals surface area contributed by atoms with Crippen molar-refractivity contribution in [3.8, 4) is 5.75 Å². The molecule has 4 aromatic carbocycles. The summed E-state index contributed by atoms with van der Waals surface area (Å²) in [6, 6.07) is 28.3. The first-order valence-corrected chi connectivity index (χ1v) is 15.4. The fourth-order valence-electron chi connectivity index (χ4n) is 4.76. The molecule has 0 aliphatic carbocycles. The quantitative estimate of drug-likeness (QED) is 0.246. The van der Waals surface area contributed by atoms with Crippen molar-refractivity contribution in [3.63, 3.8) is 0 Å². The fraction of sp³-hybridized carbons (Fsp3) is 0.273. The summed E-state index contributed by atoms with van der Waals surface area (Å²) in [5.74, 6) is -0.166. The Kier molecular flexibility index (Phi) is 10.3. The number of carbonyl (C=O) groups is 2. The number of benzene rings is 4. The average molecular weight is 588 g/mol. The second kappa shape index (κ2) is 14.1. The van der Waals surface area contributed by atoms with E-state index in [1.54, 1.807) is 37.4 Å². The highest BCUT2D eigenvalue weighted by Crippen LogP contribution is 2.23. The van der Waals surface area contributed by atoms with E-state index in [4.69, 9.17) is 4.74 Å². The Morgan fingerprint density at radius 2 is 1.55 bits per heavy atom. The molecule has 0 aromatic heterocycles. The molecule has 0 radical (unpaired) electrons. The van der Waals surface area contributed by atoms with Crippen LogP contribution in [-0.4, -0.2) is 62.7 Å². The first kappa shape index (κ1) is 30.7. The standard InChI is InChI=1S/C33H37N3O5S/c1-4-19-34-33(38)31(21-25-11-6-5-7-12-25)36(23-26-13-10-16-29(20-26)41-3)32(37)24-35(2)42(39,40)30-18-17-27-14-8-9-15-28(27)22-30/h5-18,20,22,31H,4,19,21,23-24H2,1-3H3,(H,34,38). The zero-order valence-corrected chi connectivity index (χ0v) is 25.0. The van der Waals surface area contributed by atoms with E-state index in [0.29, 0.717) is 12.3 Å². The Morgan fingerprint density at radius 1 is 0.857 bits per heavy atom. The number of hydrogen-bond acceptors (Lipinski definition) is 5. The molecule has 0 fully saturated rings. The smallest absolute Gasteiger partial charge is 0.243 e. The third kappa shape index (κ3) is 7.54. The molecule has 220 valence electrons. The normalized spacial score (nSPS) is 12.2. The van der Waals surface area contributed by atoms with Gasteiger partial charge in [-0.3, -0.25) is 9.59 Å². The summed E-state index contributed by atoms with van der Waals surface area (Å²) in [7, 11) is -1.05. The van der Waals surface area contributed by atoms with E-state index < -0.39 is 28.5 Å². The maximum atomic E-state index is 14.0. The van der Waals surface area contributed by atoms with Gasteiger partial charge in [-0.25, -0.2) is 8.42 Å². The molecule has 42 heavy (non-hydrogen) atoms. The van der Waals surface area contributed by atoms with Crippen LogP contribution < -0.4 is 10.1 Å². The lowest BCUT2D eigenvalue weighted by molar-refractivity contribution is -0.141. The highest BCUT2D eigenvalue weighted by atomic mass is 32.2. The van der Waals surface area contributed by atoms with E-state index in [0.717, 1.165) is 32.6 Å². The van der Waals surface area contributed by atoms with Gasteiger partial charge in [-0.2, -0.15) is 4.31 Å². The minimum Gasteiger partial charge on any atom is -0.497 e. The number of hydrogen-bond donors (Lipinski definition) is 1. The molecular formula is C33H37N3O5S. The van der Waals surface area contributed by atoms with E-state index >= 15 is 0 Å². The molecule has 1 atom stereocenters. The van der Waals surface area contributed by atoms with Gasteiger partial charge < -0.3 is 15.0 Å². The molecule has 4 rings (SSSR count). The molecule has 1 N–H and O–H groups in total. The highest BCUT2D eigenvalue weighted by molar-refractivity contribution is 7.89. The first-order chi connectivity index (χ1) is 20.2. The van der Waals surface area contributed by atoms with Crippen LogP contribution in [0.1, 0.15) is 24.5 Å². The van der Waals surface area contributed by atoms with E-state index in [1.165, 1.54) is 11.9 Å². The molecule has 0 heterocycles. The van der Waals surface area contributed by atoms with Crippen LogP contribution >= 0.6 is 0 Å². The summed E-state index contributed by atoms with van der Waals surface area (Å²) in [5.41, 5.74) is 1.64. The Balaban J connectivity index is 1.67. The number of ether oxygens (including phenoxy) is 1. The van der Waals surface area contributed by atoms with Crippen molar-refractivity contribution in [2.24, 2.45) is 0 Å². The summed E-state index contributed by atoms with van der Waals surface area (Å²) >= 11 is 0. The van der Waals surface area contributed by atoms with Gasteiger partial charge in [0, 0.05) is 26.6 Å². The van der Waals surface area contributed by atoms with Gasteiger partial charge >= 0.3 is 0 Å². The van der Waals surface area contributed by atoms with Crippen LogP contribution in [0.4, 0.5) is 0 Å². The van der Waals surface area contributed by atoms with Crippen molar-refractivity contribution in [1.29, 1.82) is 0 Å². The average Bonchev–Trinajstić information content (AvgIpc) is 3.01. The zero-order valence-electron chi connectivity index (χ0n) is 24.2. The number of fused-ring (bicyclic) bond motifs is 1. The molecule has 0 aliphatic heterocycles. The minimum absolute atomic E-state index is 0.0942. The first-order valence-electron chi connectivity index (χ1n) is 13.9. The number of nitrogens with zero attached hydrogens (tertiary/aromatic N) is 2. The third-order valence-corrected chi connectivity index (χ3v) is 8.89. The Morgan fingerprint density at radius 3 is 2.26 bits per heavy atom. The van der Waals surface area contributed by atoms with Gasteiger partial charge in [-0.15, -0.1) is 0 Å². The van der Waals surface area contributed by atoms with Crippen molar-refractivity contribution < 1.29 is 22.7 Å². The molecule has 8 nitrogen and oxygen atoms in total. The molecule has 4 aromatic rings. The Labute approximate surface area is 248 Å². The molecule has 0 saturated heterocycles. The van der Waals surface area contributed by atoms with Gasteiger partial charge in [-0.1, -0.05) is 79.7 Å². The summed E-state index contributed by atoms with van der Waals surface area (Å²) in [6.45, 7) is 2.07. The molecular weight excluding hydrogens is 550 g/mol. The number of likely N-dealkylation sites (N-methyl/N-ethyl adjacent to an activating group) is 1. The Bertz CT molecular complexity index is 1630. The van der Waals surface area contributed by atoms with Crippen LogP contribution in [0.25, 0.3) is 10.8 Å². The maximum absolute atomic E-state index is 14.0. The van der Waals surface area contributed by atoms with Crippen molar-refractivity contribution >= 4 is 32.6 Å². The topological polar surface area (TPSA) is 96.0 Å². The summed E-state index contributed by atoms with van der Waals surface area (Å²) in [4.78, 5) is 29.1. The fourth-order valence-corrected chi connectivity index (χ4v) is 5.92. The lowest BCUT2D eigenvalue weighted by Crippen LogP contribution is -2.53. The summed E-state index contributed by atoms with van der Waals surface area (Å²) in [6.07, 6.45) is 1.01. The minimum atomic E-state index is -4.00. The van der Waals surface area contributed by atoms with Crippen LogP contribution in [0.3, 0.4) is 0 Å². The van der Waals surface area contributed by atoms with Crippen LogP contribution in [0.5, 0.6) is 5.75 Å². The number of sulfonamides is 1. The Hall–Kier alpha value is -4.21. The molecule has 0 saturated carbocycles. The monoisotopic (exact) mass is 587 g/mol. The van der Waals surface area contributed by atoms with E-state index in [1.807, 2.05) is 73.7 Å². The van der Waals surface area contributed by atoms with E-state index in [-0.39, 0.29) is 23.8 Å². The van der Waals surface area contributed by atoms with Crippen molar-refractivity contribution in [2.75, 3.05) is 27.2 Å². The van der Waals surface area contributed by atoms with Crippen LogP contribution in [0.2, 0.25) is 0 Å². The number of methoxy groups -OCH3 is 1. The number of rotatable bonds is 13. The summed E-state index contributed by atoms with van der Waals surface area (Å²) < 4.78 is 33.6. The molecule has 0 spiro atoms. The van der Waals surface area contributed by atoms with Crippen LogP contribution in [0, 0.1) is 0 Å². The molecule has 0 aliphatic rings. The van der Waals surface area contributed by atoms with Gasteiger partial charge in [0.1, 0.15) is 11.8 Å². The van der Waals surface area contributed by atoms with Crippen LogP contribution in [0.15, 0.2) is 102 Å². The SMILES string of the molecule is CCCNC(=O)C(Cc1ccccc1)N(Cc1cccc(OC)c1)C(=O)CN(C)S(=O)(=O)c1ccc2ccccc2c1. The largest absolute Gasteiger partial charge is 0.497 e. The number of amides is 2. The second-order valence-corrected chi connectivity index (χ2v) is 12.2. The van der Waals surface area contributed by atoms with E-state index in [2.05, 4.69) is 5.32 Å². The van der Waals surface area contributed by atoms with Gasteiger partial charge in [0.25, 0.3) is 0 Å².